The summed E-state index contributed by atoms with van der Waals surface area (Å²) in [6.45, 7) is 2.18. The number of aliphatic hydroxyl groups excluding tert-OH is 1. The molecule has 0 radical (unpaired) electrons. The Balaban J connectivity index is 2.31. The van der Waals surface area contributed by atoms with Gasteiger partial charge in [0.1, 0.15) is 23.0 Å². The molecule has 0 aliphatic carbocycles. The van der Waals surface area contributed by atoms with Crippen LogP contribution < -0.4 is 5.32 Å². The summed E-state index contributed by atoms with van der Waals surface area (Å²) in [6, 6.07) is 9.54. The Morgan fingerprint density at radius 2 is 2.04 bits per heavy atom. The van der Waals surface area contributed by atoms with Crippen LogP contribution in [-0.2, 0) is 11.3 Å². The number of hydrogen-bond acceptors (Lipinski definition) is 5. The Morgan fingerprint density at radius 1 is 1.33 bits per heavy atom. The third kappa shape index (κ3) is 2.68. The molecule has 0 fully saturated rings. The Hall–Kier alpha value is -2.98. The first kappa shape index (κ1) is 15.9. The van der Waals surface area contributed by atoms with Crippen LogP contribution in [0.1, 0.15) is 25.3 Å². The monoisotopic (exact) mass is 323 g/mol. The number of aryl methyl sites for hydroxylation is 1. The highest BCUT2D eigenvalue weighted by atomic mass is 16.3. The number of anilines is 1. The third-order valence-electron chi connectivity index (χ3n) is 3.78. The Labute approximate surface area is 138 Å². The first-order chi connectivity index (χ1) is 11.7. The maximum absolute atomic E-state index is 11.9. The molecule has 24 heavy (non-hydrogen) atoms. The number of fused-ring (bicyclic) bond motifs is 2. The number of hydrogen-bond donors (Lipinski definition) is 2. The second-order valence-electron chi connectivity index (χ2n) is 5.35. The molecule has 0 unspecified atom stereocenters. The van der Waals surface area contributed by atoms with Gasteiger partial charge in [0.15, 0.2) is 5.65 Å². The zero-order valence-electron chi connectivity index (χ0n) is 13.3. The standard InChI is InChI=1S/C17H17N5O2/c1-2-14(24)21-16-11(10-18)15-17(22(16)8-5-9-23)20-13-7-4-3-6-12(13)19-15/h3-4,6-7,23H,2,5,8-9H2,1H3,(H,21,24). The minimum atomic E-state index is -0.191. The van der Waals surface area contributed by atoms with Gasteiger partial charge in [-0.2, -0.15) is 5.26 Å². The highest BCUT2D eigenvalue weighted by Crippen LogP contribution is 2.29. The lowest BCUT2D eigenvalue weighted by atomic mass is 10.2. The lowest BCUT2D eigenvalue weighted by Crippen LogP contribution is -2.15. The van der Waals surface area contributed by atoms with E-state index < -0.39 is 0 Å². The Kier molecular flexibility index (Phi) is 4.40. The van der Waals surface area contributed by atoms with E-state index in [1.165, 1.54) is 0 Å². The molecule has 7 heteroatoms. The maximum Gasteiger partial charge on any atom is 0.225 e. The maximum atomic E-state index is 11.9. The molecule has 2 N–H and O–H groups in total. The van der Waals surface area contributed by atoms with Crippen LogP contribution in [0.4, 0.5) is 5.82 Å². The minimum Gasteiger partial charge on any atom is -0.396 e. The number of nitrogens with one attached hydrogen (secondary N) is 1. The fourth-order valence-electron chi connectivity index (χ4n) is 2.60. The molecule has 1 amide bonds. The molecule has 7 nitrogen and oxygen atoms in total. The van der Waals surface area contributed by atoms with Crippen LogP contribution in [0.25, 0.3) is 22.2 Å². The average molecular weight is 323 g/mol. The summed E-state index contributed by atoms with van der Waals surface area (Å²) in [5.74, 6) is 0.201. The van der Waals surface area contributed by atoms with Gasteiger partial charge < -0.3 is 15.0 Å². The van der Waals surface area contributed by atoms with E-state index in [-0.39, 0.29) is 12.5 Å². The van der Waals surface area contributed by atoms with Gasteiger partial charge in [0.05, 0.1) is 11.0 Å². The molecule has 3 aromatic rings. The van der Waals surface area contributed by atoms with Crippen molar-refractivity contribution < 1.29 is 9.90 Å². The van der Waals surface area contributed by atoms with Crippen molar-refractivity contribution in [2.45, 2.75) is 26.3 Å². The predicted molar refractivity (Wildman–Crippen MR) is 90.4 cm³/mol. The molecular weight excluding hydrogens is 306 g/mol. The highest BCUT2D eigenvalue weighted by Gasteiger charge is 2.21. The highest BCUT2D eigenvalue weighted by molar-refractivity contribution is 5.98. The number of carbonyl (C=O) groups excluding carboxylic acids is 1. The number of nitriles is 1. The van der Waals surface area contributed by atoms with E-state index in [9.17, 15) is 10.1 Å². The van der Waals surface area contributed by atoms with Crippen LogP contribution in [0.3, 0.4) is 0 Å². The van der Waals surface area contributed by atoms with E-state index >= 15 is 0 Å². The molecule has 0 aliphatic heterocycles. The number of benzene rings is 1. The zero-order valence-corrected chi connectivity index (χ0v) is 13.3. The summed E-state index contributed by atoms with van der Waals surface area (Å²) in [7, 11) is 0. The summed E-state index contributed by atoms with van der Waals surface area (Å²) >= 11 is 0. The van der Waals surface area contributed by atoms with Crippen molar-refractivity contribution >= 4 is 33.9 Å². The van der Waals surface area contributed by atoms with Crippen molar-refractivity contribution in [2.24, 2.45) is 0 Å². The van der Waals surface area contributed by atoms with Crippen molar-refractivity contribution in [3.8, 4) is 6.07 Å². The average Bonchev–Trinajstić information content (AvgIpc) is 2.89. The molecule has 0 spiro atoms. The normalized spacial score (nSPS) is 10.9. The summed E-state index contributed by atoms with van der Waals surface area (Å²) in [5.41, 5.74) is 2.69. The molecule has 0 saturated heterocycles. The summed E-state index contributed by atoms with van der Waals surface area (Å²) in [6.07, 6.45) is 0.785. The molecule has 2 heterocycles. The quantitative estimate of drug-likeness (QED) is 0.749. The van der Waals surface area contributed by atoms with E-state index in [2.05, 4.69) is 21.4 Å². The van der Waals surface area contributed by atoms with Crippen LogP contribution in [0.5, 0.6) is 0 Å². The molecular formula is C17H17N5O2. The summed E-state index contributed by atoms with van der Waals surface area (Å²) < 4.78 is 1.75. The van der Waals surface area contributed by atoms with Crippen LogP contribution >= 0.6 is 0 Å². The molecule has 1 aromatic carbocycles. The number of amides is 1. The van der Waals surface area contributed by atoms with E-state index in [4.69, 9.17) is 5.11 Å². The lowest BCUT2D eigenvalue weighted by molar-refractivity contribution is -0.115. The molecule has 122 valence electrons. The van der Waals surface area contributed by atoms with Gasteiger partial charge in [0.2, 0.25) is 5.91 Å². The van der Waals surface area contributed by atoms with Gasteiger partial charge in [-0.25, -0.2) is 9.97 Å². The number of carbonyl (C=O) groups is 1. The zero-order chi connectivity index (χ0) is 17.1. The van der Waals surface area contributed by atoms with Crippen LogP contribution in [0.2, 0.25) is 0 Å². The van der Waals surface area contributed by atoms with Crippen LogP contribution in [0, 0.1) is 11.3 Å². The number of nitrogens with zero attached hydrogens (tertiary/aromatic N) is 4. The smallest absolute Gasteiger partial charge is 0.225 e. The molecule has 3 rings (SSSR count). The van der Waals surface area contributed by atoms with E-state index in [1.54, 1.807) is 11.5 Å². The first-order valence-corrected chi connectivity index (χ1v) is 7.79. The summed E-state index contributed by atoms with van der Waals surface area (Å²) in [5, 5.41) is 21.5. The Morgan fingerprint density at radius 3 is 2.67 bits per heavy atom. The van der Waals surface area contributed by atoms with Gasteiger partial charge in [-0.05, 0) is 18.6 Å². The van der Waals surface area contributed by atoms with Gasteiger partial charge >= 0.3 is 0 Å². The van der Waals surface area contributed by atoms with Gasteiger partial charge in [-0.15, -0.1) is 0 Å². The molecule has 2 aromatic heterocycles. The fourth-order valence-corrected chi connectivity index (χ4v) is 2.60. The van der Waals surface area contributed by atoms with Gasteiger partial charge in [-0.3, -0.25) is 4.79 Å². The SMILES string of the molecule is CCC(=O)Nc1c(C#N)c2nc3ccccc3nc2n1CCCO. The number of para-hydroxylation sites is 2. The predicted octanol–water partition coefficient (Wildman–Crippen LogP) is 2.19. The fraction of sp³-hybridized carbons (Fsp3) is 0.294. The Bertz CT molecular complexity index is 955. The van der Waals surface area contributed by atoms with Crippen LogP contribution in [0.15, 0.2) is 24.3 Å². The first-order valence-electron chi connectivity index (χ1n) is 7.79. The molecule has 0 bridgehead atoms. The second-order valence-corrected chi connectivity index (χ2v) is 5.35. The largest absolute Gasteiger partial charge is 0.396 e. The van der Waals surface area contributed by atoms with Crippen molar-refractivity contribution in [3.63, 3.8) is 0 Å². The van der Waals surface area contributed by atoms with E-state index in [0.29, 0.717) is 53.0 Å². The number of rotatable bonds is 5. The summed E-state index contributed by atoms with van der Waals surface area (Å²) in [4.78, 5) is 21.0. The molecule has 0 aliphatic rings. The minimum absolute atomic E-state index is 0.00370. The van der Waals surface area contributed by atoms with Gasteiger partial charge in [-0.1, -0.05) is 19.1 Å². The van der Waals surface area contributed by atoms with Crippen molar-refractivity contribution in [1.29, 1.82) is 5.26 Å². The second kappa shape index (κ2) is 6.64. The van der Waals surface area contributed by atoms with Crippen molar-refractivity contribution in [1.82, 2.24) is 14.5 Å². The topological polar surface area (TPSA) is 104 Å². The van der Waals surface area contributed by atoms with Crippen molar-refractivity contribution in [3.05, 3.63) is 29.8 Å². The van der Waals surface area contributed by atoms with Gasteiger partial charge in [0.25, 0.3) is 0 Å². The lowest BCUT2D eigenvalue weighted by Gasteiger charge is -2.10. The van der Waals surface area contributed by atoms with E-state index in [0.717, 1.165) is 0 Å². The van der Waals surface area contributed by atoms with Crippen LogP contribution in [-0.4, -0.2) is 32.2 Å². The molecule has 0 atom stereocenters. The van der Waals surface area contributed by atoms with Crippen molar-refractivity contribution in [2.75, 3.05) is 11.9 Å². The number of aliphatic hydroxyl groups is 1. The third-order valence-corrected chi connectivity index (χ3v) is 3.78. The molecule has 0 saturated carbocycles. The van der Waals surface area contributed by atoms with E-state index in [1.807, 2.05) is 24.3 Å². The number of aromatic nitrogens is 3. The van der Waals surface area contributed by atoms with Gasteiger partial charge in [0, 0.05) is 19.6 Å².